The third-order valence-electron chi connectivity index (χ3n) is 5.13. The van der Waals surface area contributed by atoms with E-state index >= 15 is 0 Å². The summed E-state index contributed by atoms with van der Waals surface area (Å²) in [6.45, 7) is 3.96. The highest BCUT2D eigenvalue weighted by molar-refractivity contribution is 6.32. The zero-order valence-electron chi connectivity index (χ0n) is 21.4. The van der Waals surface area contributed by atoms with Gasteiger partial charge in [-0.3, -0.25) is 14.9 Å². The highest BCUT2D eigenvalue weighted by Crippen LogP contribution is 2.43. The number of rotatable bonds is 11. The third-order valence-corrected chi connectivity index (χ3v) is 5.41. The molecule has 1 N–H and O–H groups in total. The number of alkyl halides is 3. The number of nitro benzene ring substituents is 1. The summed E-state index contributed by atoms with van der Waals surface area (Å²) in [5, 5.41) is 15.3. The van der Waals surface area contributed by atoms with E-state index in [-0.39, 0.29) is 28.7 Å². The van der Waals surface area contributed by atoms with Gasteiger partial charge in [0.1, 0.15) is 0 Å². The van der Waals surface area contributed by atoms with Crippen LogP contribution in [0.25, 0.3) is 0 Å². The van der Waals surface area contributed by atoms with Crippen LogP contribution in [0.2, 0.25) is 5.02 Å². The Labute approximate surface area is 231 Å². The molecule has 0 radical (unpaired) electrons. The maximum absolute atomic E-state index is 13.0. The van der Waals surface area contributed by atoms with Gasteiger partial charge in [0.05, 0.1) is 42.0 Å². The van der Waals surface area contributed by atoms with E-state index in [1.165, 1.54) is 37.6 Å². The van der Waals surface area contributed by atoms with Gasteiger partial charge in [0.15, 0.2) is 23.0 Å². The van der Waals surface area contributed by atoms with Crippen LogP contribution >= 0.6 is 11.6 Å². The number of hydrogen-bond donors (Lipinski definition) is 1. The Bertz CT molecular complexity index is 1430. The SMILES string of the molecule is CCOc1cc(C(=O)N/N=C/c2cc(Cl)c(Oc3ccc(C(F)(F)F)cc3[N+](=O)[O-])c(OCC)c2)ccc1OC. The predicted molar refractivity (Wildman–Crippen MR) is 140 cm³/mol. The molecule has 0 aliphatic heterocycles. The number of hydrogen-bond acceptors (Lipinski definition) is 8. The number of nitrogens with one attached hydrogen (secondary N) is 1. The van der Waals surface area contributed by atoms with E-state index in [0.29, 0.717) is 35.8 Å². The summed E-state index contributed by atoms with van der Waals surface area (Å²) in [5.41, 5.74) is 0.866. The lowest BCUT2D eigenvalue weighted by molar-refractivity contribution is -0.385. The molecule has 1 amide bonds. The zero-order chi connectivity index (χ0) is 29.4. The highest BCUT2D eigenvalue weighted by atomic mass is 35.5. The maximum Gasteiger partial charge on any atom is 0.416 e. The van der Waals surface area contributed by atoms with Gasteiger partial charge in [-0.25, -0.2) is 5.43 Å². The van der Waals surface area contributed by atoms with Crippen LogP contribution in [0, 0.1) is 10.1 Å². The molecule has 212 valence electrons. The fourth-order valence-electron chi connectivity index (χ4n) is 3.37. The second-order valence-electron chi connectivity index (χ2n) is 7.80. The van der Waals surface area contributed by atoms with Crippen molar-refractivity contribution in [2.45, 2.75) is 20.0 Å². The summed E-state index contributed by atoms with van der Waals surface area (Å²) in [6.07, 6.45) is -3.52. The molecule has 14 heteroatoms. The molecule has 0 saturated heterocycles. The molecule has 0 saturated carbocycles. The first-order valence-corrected chi connectivity index (χ1v) is 12.0. The molecule has 40 heavy (non-hydrogen) atoms. The molecule has 0 heterocycles. The first kappa shape index (κ1) is 30.0. The average molecular weight is 582 g/mol. The fourth-order valence-corrected chi connectivity index (χ4v) is 3.63. The van der Waals surface area contributed by atoms with E-state index in [1.807, 2.05) is 0 Å². The number of nitro groups is 1. The number of hydrazone groups is 1. The summed E-state index contributed by atoms with van der Waals surface area (Å²) < 4.78 is 60.9. The van der Waals surface area contributed by atoms with Crippen molar-refractivity contribution < 1.29 is 41.8 Å². The smallest absolute Gasteiger partial charge is 0.416 e. The van der Waals surface area contributed by atoms with Gasteiger partial charge in [0.2, 0.25) is 5.75 Å². The molecule has 0 aromatic heterocycles. The molecule has 0 aliphatic carbocycles. The number of carbonyl (C=O) groups is 1. The lowest BCUT2D eigenvalue weighted by Crippen LogP contribution is -2.17. The Balaban J connectivity index is 1.85. The molecule has 0 unspecified atom stereocenters. The molecule has 10 nitrogen and oxygen atoms in total. The summed E-state index contributed by atoms with van der Waals surface area (Å²) >= 11 is 6.34. The van der Waals surface area contributed by atoms with Crippen molar-refractivity contribution in [2.24, 2.45) is 5.10 Å². The van der Waals surface area contributed by atoms with Crippen molar-refractivity contribution in [3.63, 3.8) is 0 Å². The van der Waals surface area contributed by atoms with Gasteiger partial charge in [-0.05, 0) is 61.9 Å². The molecule has 3 aromatic carbocycles. The summed E-state index contributed by atoms with van der Waals surface area (Å²) in [4.78, 5) is 23.0. The standard InChI is InChI=1S/C26H23ClF3N3O7/c1-4-38-22-12-16(6-8-21(22)37-3)25(34)32-31-14-15-10-18(27)24(23(11-15)39-5-2)40-20-9-7-17(26(28,29)30)13-19(20)33(35)36/h6-14H,4-5H2,1-3H3,(H,32,34)/b31-14+. The minimum Gasteiger partial charge on any atom is -0.493 e. The number of ether oxygens (including phenoxy) is 4. The van der Waals surface area contributed by atoms with Crippen molar-refractivity contribution >= 4 is 29.4 Å². The number of amides is 1. The van der Waals surface area contributed by atoms with Crippen LogP contribution in [0.4, 0.5) is 18.9 Å². The lowest BCUT2D eigenvalue weighted by Gasteiger charge is -2.15. The monoisotopic (exact) mass is 581 g/mol. The number of benzene rings is 3. The van der Waals surface area contributed by atoms with E-state index < -0.39 is 34.0 Å². The van der Waals surface area contributed by atoms with Crippen molar-refractivity contribution in [3.8, 4) is 28.7 Å². The second kappa shape index (κ2) is 13.0. The first-order valence-electron chi connectivity index (χ1n) is 11.6. The van der Waals surface area contributed by atoms with Crippen LogP contribution in [0.3, 0.4) is 0 Å². The van der Waals surface area contributed by atoms with Gasteiger partial charge in [0.25, 0.3) is 5.91 Å². The molecule has 0 atom stereocenters. The van der Waals surface area contributed by atoms with E-state index in [9.17, 15) is 28.1 Å². The molecular weight excluding hydrogens is 559 g/mol. The molecule has 0 aliphatic rings. The average Bonchev–Trinajstić information content (AvgIpc) is 2.90. The maximum atomic E-state index is 13.0. The third kappa shape index (κ3) is 7.32. The van der Waals surface area contributed by atoms with Gasteiger partial charge in [-0.15, -0.1) is 0 Å². The number of carbonyl (C=O) groups excluding carboxylic acids is 1. The molecular formula is C26H23ClF3N3O7. The minimum absolute atomic E-state index is 0.0356. The largest absolute Gasteiger partial charge is 0.493 e. The van der Waals surface area contributed by atoms with Crippen molar-refractivity contribution in [1.82, 2.24) is 5.43 Å². The minimum atomic E-state index is -4.78. The second-order valence-corrected chi connectivity index (χ2v) is 8.21. The van der Waals surface area contributed by atoms with E-state index in [2.05, 4.69) is 10.5 Å². The Morgan fingerprint density at radius 3 is 2.33 bits per heavy atom. The van der Waals surface area contributed by atoms with Crippen LogP contribution in [0.1, 0.15) is 35.3 Å². The van der Waals surface area contributed by atoms with E-state index in [4.69, 9.17) is 30.5 Å². The van der Waals surface area contributed by atoms with E-state index in [1.54, 1.807) is 19.9 Å². The Morgan fingerprint density at radius 2 is 1.70 bits per heavy atom. The van der Waals surface area contributed by atoms with Crippen LogP contribution in [0.5, 0.6) is 28.7 Å². The molecule has 0 spiro atoms. The van der Waals surface area contributed by atoms with Crippen molar-refractivity contribution in [3.05, 3.63) is 80.4 Å². The Morgan fingerprint density at radius 1 is 1.02 bits per heavy atom. The Hall–Kier alpha value is -4.52. The summed E-state index contributed by atoms with van der Waals surface area (Å²) in [6, 6.07) is 9.26. The Kier molecular flexibility index (Phi) is 9.78. The van der Waals surface area contributed by atoms with Crippen LogP contribution in [-0.4, -0.2) is 37.4 Å². The number of halogens is 4. The van der Waals surface area contributed by atoms with Gasteiger partial charge in [0, 0.05) is 11.6 Å². The molecule has 3 rings (SSSR count). The lowest BCUT2D eigenvalue weighted by atomic mass is 10.1. The predicted octanol–water partition coefficient (Wildman–Crippen LogP) is 6.63. The zero-order valence-corrected chi connectivity index (χ0v) is 22.1. The summed E-state index contributed by atoms with van der Waals surface area (Å²) in [7, 11) is 1.48. The number of nitrogens with zero attached hydrogens (tertiary/aromatic N) is 2. The van der Waals surface area contributed by atoms with Crippen LogP contribution in [-0.2, 0) is 6.18 Å². The first-order chi connectivity index (χ1) is 19.0. The van der Waals surface area contributed by atoms with Crippen molar-refractivity contribution in [2.75, 3.05) is 20.3 Å². The topological polar surface area (TPSA) is 122 Å². The van der Waals surface area contributed by atoms with Gasteiger partial charge in [-0.1, -0.05) is 11.6 Å². The summed E-state index contributed by atoms with van der Waals surface area (Å²) in [5.74, 6) is -0.281. The van der Waals surface area contributed by atoms with Crippen LogP contribution in [0.15, 0.2) is 53.6 Å². The van der Waals surface area contributed by atoms with E-state index in [0.717, 1.165) is 6.07 Å². The van der Waals surface area contributed by atoms with Crippen LogP contribution < -0.4 is 24.4 Å². The number of methoxy groups -OCH3 is 1. The highest BCUT2D eigenvalue weighted by Gasteiger charge is 2.33. The fraction of sp³-hybridized carbons (Fsp3) is 0.231. The molecule has 0 bridgehead atoms. The van der Waals surface area contributed by atoms with Gasteiger partial charge < -0.3 is 18.9 Å². The van der Waals surface area contributed by atoms with Crippen molar-refractivity contribution in [1.29, 1.82) is 0 Å². The van der Waals surface area contributed by atoms with Gasteiger partial charge >= 0.3 is 11.9 Å². The van der Waals surface area contributed by atoms with Gasteiger partial charge in [-0.2, -0.15) is 18.3 Å². The quantitative estimate of drug-likeness (QED) is 0.153. The normalized spacial score (nSPS) is 11.3. The molecule has 0 fully saturated rings. The molecule has 3 aromatic rings.